The number of piperidine rings is 1. The van der Waals surface area contributed by atoms with Gasteiger partial charge in [-0.15, -0.1) is 0 Å². The van der Waals surface area contributed by atoms with Gasteiger partial charge in [0.1, 0.15) is 0 Å². The van der Waals surface area contributed by atoms with Crippen molar-refractivity contribution in [3.05, 3.63) is 29.6 Å². The summed E-state index contributed by atoms with van der Waals surface area (Å²) >= 11 is 0. The van der Waals surface area contributed by atoms with Crippen molar-refractivity contribution in [2.24, 2.45) is 5.92 Å². The molecule has 2 aliphatic rings. The topological polar surface area (TPSA) is 57.3 Å². The Hall–Kier alpha value is -1.62. The second-order valence-corrected chi connectivity index (χ2v) is 7.72. The Morgan fingerprint density at radius 2 is 2.20 bits per heavy atom. The second kappa shape index (κ2) is 8.65. The smallest absolute Gasteiger partial charge is 0.315 e. The number of hydrogen-bond acceptors (Lipinski definition) is 3. The first-order chi connectivity index (χ1) is 12.1. The highest BCUT2D eigenvalue weighted by Gasteiger charge is 2.31. The van der Waals surface area contributed by atoms with Gasteiger partial charge in [0.2, 0.25) is 0 Å². The van der Waals surface area contributed by atoms with E-state index in [1.54, 1.807) is 6.20 Å². The van der Waals surface area contributed by atoms with Crippen LogP contribution < -0.4 is 10.6 Å². The third-order valence-corrected chi connectivity index (χ3v) is 5.96. The average Bonchev–Trinajstić information content (AvgIpc) is 2.55. The van der Waals surface area contributed by atoms with Crippen molar-refractivity contribution in [2.75, 3.05) is 19.6 Å². The Balaban J connectivity index is 1.39. The molecule has 2 N–H and O–H groups in total. The van der Waals surface area contributed by atoms with Crippen molar-refractivity contribution in [3.8, 4) is 0 Å². The van der Waals surface area contributed by atoms with E-state index >= 15 is 0 Å². The van der Waals surface area contributed by atoms with Crippen LogP contribution in [0.2, 0.25) is 0 Å². The van der Waals surface area contributed by atoms with Gasteiger partial charge >= 0.3 is 6.03 Å². The van der Waals surface area contributed by atoms with E-state index in [1.165, 1.54) is 49.8 Å². The molecule has 1 saturated carbocycles. The molecular weight excluding hydrogens is 312 g/mol. The molecule has 0 radical (unpaired) electrons. The minimum absolute atomic E-state index is 0.0417. The highest BCUT2D eigenvalue weighted by atomic mass is 16.2. The first-order valence-electron chi connectivity index (χ1n) is 9.81. The van der Waals surface area contributed by atoms with Gasteiger partial charge in [-0.05, 0) is 75.6 Å². The van der Waals surface area contributed by atoms with Gasteiger partial charge in [0.15, 0.2) is 0 Å². The largest absolute Gasteiger partial charge is 0.338 e. The van der Waals surface area contributed by atoms with Gasteiger partial charge in [-0.25, -0.2) is 4.79 Å². The molecule has 2 fully saturated rings. The lowest BCUT2D eigenvalue weighted by Gasteiger charge is -2.43. The summed E-state index contributed by atoms with van der Waals surface area (Å²) in [6, 6.07) is 3.02. The van der Waals surface area contributed by atoms with Crippen molar-refractivity contribution in [2.45, 2.75) is 64.5 Å². The lowest BCUT2D eigenvalue weighted by atomic mass is 9.86. The van der Waals surface area contributed by atoms with Crippen LogP contribution in [0, 0.1) is 12.8 Å². The Labute approximate surface area is 151 Å². The van der Waals surface area contributed by atoms with Gasteiger partial charge in [0.05, 0.1) is 0 Å². The minimum Gasteiger partial charge on any atom is -0.338 e. The van der Waals surface area contributed by atoms with Crippen LogP contribution in [0.4, 0.5) is 4.79 Å². The van der Waals surface area contributed by atoms with Crippen LogP contribution in [-0.4, -0.2) is 47.6 Å². The summed E-state index contributed by atoms with van der Waals surface area (Å²) in [5.41, 5.74) is 2.42. The van der Waals surface area contributed by atoms with Gasteiger partial charge in [-0.1, -0.05) is 6.42 Å². The summed E-state index contributed by atoms with van der Waals surface area (Å²) in [5, 5.41) is 6.16. The van der Waals surface area contributed by atoms with Crippen LogP contribution >= 0.6 is 0 Å². The lowest BCUT2D eigenvalue weighted by molar-refractivity contribution is 0.0679. The molecule has 1 aromatic rings. The summed E-state index contributed by atoms with van der Waals surface area (Å²) < 4.78 is 0. The predicted molar refractivity (Wildman–Crippen MR) is 101 cm³/mol. The molecule has 2 amide bonds. The maximum Gasteiger partial charge on any atom is 0.315 e. The zero-order chi connectivity index (χ0) is 17.6. The van der Waals surface area contributed by atoms with E-state index < -0.39 is 0 Å². The highest BCUT2D eigenvalue weighted by Crippen LogP contribution is 2.30. The molecule has 3 rings (SSSR count). The Morgan fingerprint density at radius 3 is 2.92 bits per heavy atom. The molecule has 138 valence electrons. The van der Waals surface area contributed by atoms with Gasteiger partial charge < -0.3 is 15.5 Å². The van der Waals surface area contributed by atoms with Crippen molar-refractivity contribution in [1.29, 1.82) is 0 Å². The first-order valence-corrected chi connectivity index (χ1v) is 9.81. The molecule has 1 saturated heterocycles. The molecule has 25 heavy (non-hydrogen) atoms. The molecule has 2 heterocycles. The summed E-state index contributed by atoms with van der Waals surface area (Å²) in [6.45, 7) is 7.25. The number of amides is 2. The van der Waals surface area contributed by atoms with Gasteiger partial charge in [-0.2, -0.15) is 0 Å². The summed E-state index contributed by atoms with van der Waals surface area (Å²) in [4.78, 5) is 19.0. The average molecular weight is 345 g/mol. The second-order valence-electron chi connectivity index (χ2n) is 7.72. The van der Waals surface area contributed by atoms with E-state index in [9.17, 15) is 4.79 Å². The zero-order valence-corrected chi connectivity index (χ0v) is 15.6. The van der Waals surface area contributed by atoms with E-state index in [0.717, 1.165) is 19.0 Å². The number of nitrogens with zero attached hydrogens (tertiary/aromatic N) is 2. The maximum absolute atomic E-state index is 12.2. The van der Waals surface area contributed by atoms with Crippen LogP contribution in [0.25, 0.3) is 0 Å². The van der Waals surface area contributed by atoms with Crippen LogP contribution in [0.15, 0.2) is 18.5 Å². The van der Waals surface area contributed by atoms with Crippen LogP contribution in [0.1, 0.15) is 50.2 Å². The van der Waals surface area contributed by atoms with E-state index in [0.29, 0.717) is 12.5 Å². The fourth-order valence-electron chi connectivity index (χ4n) is 4.00. The normalized spacial score (nSPS) is 22.9. The Kier molecular flexibility index (Phi) is 6.29. The number of pyridine rings is 1. The molecule has 0 aromatic carbocycles. The maximum atomic E-state index is 12.2. The van der Waals surface area contributed by atoms with E-state index in [1.807, 2.05) is 12.3 Å². The molecule has 2 atom stereocenters. The third-order valence-electron chi connectivity index (χ3n) is 5.96. The van der Waals surface area contributed by atoms with Crippen molar-refractivity contribution in [1.82, 2.24) is 20.5 Å². The summed E-state index contributed by atoms with van der Waals surface area (Å²) in [6.07, 6.45) is 11.1. The molecular formula is C20H32N4O. The number of aromatic nitrogens is 1. The monoisotopic (exact) mass is 344 g/mol. The van der Waals surface area contributed by atoms with Crippen LogP contribution in [0.3, 0.4) is 0 Å². The molecule has 0 unspecified atom stereocenters. The Morgan fingerprint density at radius 1 is 1.36 bits per heavy atom. The molecule has 1 aliphatic heterocycles. The number of nitrogens with one attached hydrogen (secondary N) is 2. The minimum atomic E-state index is -0.0417. The number of carbonyl (C=O) groups is 1. The standard InChI is InChI=1S/C20H32N4O/c1-15-13-21-10-8-17(15)9-11-22-20(25)23-16(2)18-5-4-12-24(14-18)19-6-3-7-19/h8,10,13,16,18-19H,3-7,9,11-12,14H2,1-2H3,(H2,22,23,25)/t16-,18+/m1/s1. The molecule has 5 nitrogen and oxygen atoms in total. The van der Waals surface area contributed by atoms with Crippen LogP contribution in [-0.2, 0) is 6.42 Å². The van der Waals surface area contributed by atoms with Gasteiger partial charge in [-0.3, -0.25) is 4.98 Å². The van der Waals surface area contributed by atoms with Gasteiger partial charge in [0, 0.05) is 37.6 Å². The third kappa shape index (κ3) is 4.94. The number of urea groups is 1. The quantitative estimate of drug-likeness (QED) is 0.834. The number of likely N-dealkylation sites (tertiary alicyclic amines) is 1. The number of rotatable bonds is 6. The first kappa shape index (κ1) is 18.2. The number of carbonyl (C=O) groups excluding carboxylic acids is 1. The van der Waals surface area contributed by atoms with Crippen LogP contribution in [0.5, 0.6) is 0 Å². The molecule has 5 heteroatoms. The summed E-state index contributed by atoms with van der Waals surface area (Å²) in [5.74, 6) is 0.572. The molecule has 0 spiro atoms. The fraction of sp³-hybridized carbons (Fsp3) is 0.700. The highest BCUT2D eigenvalue weighted by molar-refractivity contribution is 5.74. The molecule has 1 aliphatic carbocycles. The Bertz CT molecular complexity index is 573. The lowest BCUT2D eigenvalue weighted by Crippen LogP contribution is -2.52. The molecule has 0 bridgehead atoms. The van der Waals surface area contributed by atoms with E-state index in [-0.39, 0.29) is 12.1 Å². The SMILES string of the molecule is Cc1cnccc1CCNC(=O)N[C@H](C)[C@H]1CCCN(C2CCC2)C1. The van der Waals surface area contributed by atoms with Crippen molar-refractivity contribution in [3.63, 3.8) is 0 Å². The van der Waals surface area contributed by atoms with Crippen molar-refractivity contribution < 1.29 is 4.79 Å². The van der Waals surface area contributed by atoms with Gasteiger partial charge in [0.25, 0.3) is 0 Å². The number of aryl methyl sites for hydroxylation is 1. The zero-order valence-electron chi connectivity index (χ0n) is 15.6. The number of hydrogen-bond donors (Lipinski definition) is 2. The van der Waals surface area contributed by atoms with E-state index in [2.05, 4.69) is 34.4 Å². The summed E-state index contributed by atoms with van der Waals surface area (Å²) in [7, 11) is 0. The van der Waals surface area contributed by atoms with Crippen molar-refractivity contribution >= 4 is 6.03 Å². The molecule has 1 aromatic heterocycles. The predicted octanol–water partition coefficient (Wildman–Crippen LogP) is 2.88. The fourth-order valence-corrected chi connectivity index (χ4v) is 4.00. The van der Waals surface area contributed by atoms with E-state index in [4.69, 9.17) is 0 Å².